The molecule has 212 valence electrons. The van der Waals surface area contributed by atoms with E-state index in [0.717, 1.165) is 28.8 Å². The summed E-state index contributed by atoms with van der Waals surface area (Å²) in [6, 6.07) is 10.1. The first-order valence-corrected chi connectivity index (χ1v) is 14.4. The normalized spacial score (nSPS) is 18.7. The summed E-state index contributed by atoms with van der Waals surface area (Å²) in [6.07, 6.45) is -3.51. The summed E-state index contributed by atoms with van der Waals surface area (Å²) in [6.45, 7) is 1.85. The van der Waals surface area contributed by atoms with Gasteiger partial charge in [0.25, 0.3) is 5.91 Å². The van der Waals surface area contributed by atoms with Gasteiger partial charge in [0.1, 0.15) is 11.4 Å². The zero-order valence-electron chi connectivity index (χ0n) is 21.5. The van der Waals surface area contributed by atoms with Crippen molar-refractivity contribution in [3.05, 3.63) is 70.3 Å². The molecule has 1 atom stereocenters. The number of hydrogen-bond acceptors (Lipinski definition) is 6. The second-order valence-corrected chi connectivity index (χ2v) is 12.2. The largest absolute Gasteiger partial charge is 0.416 e. The van der Waals surface area contributed by atoms with Crippen molar-refractivity contribution in [1.29, 1.82) is 0 Å². The van der Waals surface area contributed by atoms with Crippen molar-refractivity contribution >= 4 is 21.8 Å². The van der Waals surface area contributed by atoms with Gasteiger partial charge in [-0.15, -0.1) is 0 Å². The van der Waals surface area contributed by atoms with Crippen LogP contribution in [0.15, 0.2) is 47.5 Å². The number of aryl methyl sites for hydroxylation is 3. The molecule has 0 bridgehead atoms. The first-order chi connectivity index (χ1) is 18.3. The number of nitrogens with one attached hydrogen (secondary N) is 1. The van der Waals surface area contributed by atoms with Gasteiger partial charge in [-0.05, 0) is 67.9 Å². The van der Waals surface area contributed by atoms with Crippen LogP contribution in [0.1, 0.15) is 47.1 Å². The Morgan fingerprint density at radius 1 is 1.10 bits per heavy atom. The highest BCUT2D eigenvalue weighted by Crippen LogP contribution is 2.33. The zero-order chi connectivity index (χ0) is 28.4. The monoisotopic (exact) mass is 567 g/mol. The maximum Gasteiger partial charge on any atom is 0.416 e. The fourth-order valence-corrected chi connectivity index (χ4v) is 6.41. The molecule has 0 aromatic heterocycles. The molecule has 12 heteroatoms. The van der Waals surface area contributed by atoms with E-state index in [1.54, 1.807) is 0 Å². The SMILES string of the molecule is Cc1cc(CC[C@H](O)CO)ccc1CCS(=O)(=O)N1CCC2(CC1)N=C(c1ccc(C(F)(F)F)cc1)NC2=O. The van der Waals surface area contributed by atoms with Crippen molar-refractivity contribution in [2.45, 2.75) is 56.8 Å². The molecule has 0 saturated carbocycles. The highest BCUT2D eigenvalue weighted by Gasteiger charge is 2.47. The minimum Gasteiger partial charge on any atom is -0.394 e. The summed E-state index contributed by atoms with van der Waals surface area (Å²) in [5.74, 6) is -0.276. The molecule has 1 saturated heterocycles. The van der Waals surface area contributed by atoms with E-state index >= 15 is 0 Å². The number of aliphatic hydroxyl groups is 2. The van der Waals surface area contributed by atoms with Crippen LogP contribution in [-0.4, -0.2) is 71.8 Å². The molecule has 0 unspecified atom stereocenters. The molecule has 0 aliphatic carbocycles. The molecule has 2 aliphatic heterocycles. The lowest BCUT2D eigenvalue weighted by Gasteiger charge is -2.34. The molecule has 1 amide bonds. The van der Waals surface area contributed by atoms with Crippen LogP contribution in [0.3, 0.4) is 0 Å². The summed E-state index contributed by atoms with van der Waals surface area (Å²) in [5, 5.41) is 21.1. The highest BCUT2D eigenvalue weighted by molar-refractivity contribution is 7.89. The van der Waals surface area contributed by atoms with E-state index in [1.165, 1.54) is 16.4 Å². The molecule has 3 N–H and O–H groups in total. The highest BCUT2D eigenvalue weighted by atomic mass is 32.2. The number of benzene rings is 2. The molecule has 2 aromatic rings. The van der Waals surface area contributed by atoms with E-state index in [9.17, 15) is 31.5 Å². The fourth-order valence-electron chi connectivity index (χ4n) is 4.93. The van der Waals surface area contributed by atoms with Gasteiger partial charge in [-0.3, -0.25) is 9.79 Å². The number of halogens is 3. The molecule has 2 heterocycles. The van der Waals surface area contributed by atoms with Crippen molar-refractivity contribution in [3.63, 3.8) is 0 Å². The first-order valence-electron chi connectivity index (χ1n) is 12.8. The third kappa shape index (κ3) is 6.68. The molecule has 8 nitrogen and oxygen atoms in total. The van der Waals surface area contributed by atoms with Gasteiger partial charge in [-0.25, -0.2) is 12.7 Å². The Balaban J connectivity index is 1.36. The van der Waals surface area contributed by atoms with E-state index in [4.69, 9.17) is 5.11 Å². The van der Waals surface area contributed by atoms with Crippen LogP contribution in [0, 0.1) is 6.92 Å². The minimum absolute atomic E-state index is 0.0876. The maximum atomic E-state index is 13.1. The van der Waals surface area contributed by atoms with Crippen LogP contribution < -0.4 is 5.32 Å². The third-order valence-electron chi connectivity index (χ3n) is 7.42. The molecule has 1 fully saturated rings. The average molecular weight is 568 g/mol. The molecule has 39 heavy (non-hydrogen) atoms. The summed E-state index contributed by atoms with van der Waals surface area (Å²) < 4.78 is 66.1. The number of aliphatic hydroxyl groups excluding tert-OH is 2. The first kappa shape index (κ1) is 29.2. The number of sulfonamides is 1. The molecular formula is C27H32F3N3O5S. The molecule has 1 spiro atoms. The molecule has 2 aromatic carbocycles. The van der Waals surface area contributed by atoms with Crippen LogP contribution in [0.2, 0.25) is 0 Å². The zero-order valence-corrected chi connectivity index (χ0v) is 22.4. The Morgan fingerprint density at radius 2 is 1.77 bits per heavy atom. The Labute approximate surface area is 225 Å². The number of amidine groups is 1. The number of piperidine rings is 1. The quantitative estimate of drug-likeness (QED) is 0.431. The van der Waals surface area contributed by atoms with Crippen LogP contribution in [0.4, 0.5) is 13.2 Å². The Morgan fingerprint density at radius 3 is 2.36 bits per heavy atom. The number of aliphatic imine (C=N–C) groups is 1. The van der Waals surface area contributed by atoms with Crippen LogP contribution >= 0.6 is 0 Å². The molecule has 0 radical (unpaired) electrons. The smallest absolute Gasteiger partial charge is 0.394 e. The van der Waals surface area contributed by atoms with Gasteiger partial charge in [0.15, 0.2) is 0 Å². The fraction of sp³-hybridized carbons (Fsp3) is 0.481. The standard InChI is InChI=1S/C27H32F3N3O5S/c1-18-16-19(3-9-23(35)17-34)2-4-20(18)10-15-39(37,38)33-13-11-26(12-14-33)25(36)31-24(32-26)21-5-7-22(8-6-21)27(28,29)30/h2,4-8,16,23,34-35H,3,9-15,17H2,1H3,(H,31,32,36)/t23-/m0/s1. The summed E-state index contributed by atoms with van der Waals surface area (Å²) in [4.78, 5) is 17.3. The van der Waals surface area contributed by atoms with Gasteiger partial charge in [-0.1, -0.05) is 30.3 Å². The van der Waals surface area contributed by atoms with Crippen LogP contribution in [0.5, 0.6) is 0 Å². The van der Waals surface area contributed by atoms with Gasteiger partial charge >= 0.3 is 6.18 Å². The second kappa shape index (κ2) is 11.4. The van der Waals surface area contributed by atoms with Gasteiger partial charge in [0.05, 0.1) is 24.0 Å². The summed E-state index contributed by atoms with van der Waals surface area (Å²) >= 11 is 0. The van der Waals surface area contributed by atoms with Crippen molar-refractivity contribution in [2.24, 2.45) is 4.99 Å². The minimum atomic E-state index is -4.47. The number of rotatable bonds is 9. The lowest BCUT2D eigenvalue weighted by molar-refractivity contribution is -0.137. The van der Waals surface area contributed by atoms with E-state index in [2.05, 4.69) is 10.3 Å². The van der Waals surface area contributed by atoms with Gasteiger partial charge < -0.3 is 15.5 Å². The Bertz CT molecular complexity index is 1340. The average Bonchev–Trinajstić information content (AvgIpc) is 3.21. The number of carbonyl (C=O) groups is 1. The van der Waals surface area contributed by atoms with Gasteiger partial charge in [0, 0.05) is 18.7 Å². The van der Waals surface area contributed by atoms with Crippen LogP contribution in [0.25, 0.3) is 0 Å². The predicted octanol–water partition coefficient (Wildman–Crippen LogP) is 2.58. The Kier molecular flexibility index (Phi) is 8.50. The number of carbonyl (C=O) groups excluding carboxylic acids is 1. The van der Waals surface area contributed by atoms with Crippen molar-refractivity contribution in [1.82, 2.24) is 9.62 Å². The van der Waals surface area contributed by atoms with Crippen molar-refractivity contribution < 1.29 is 36.6 Å². The van der Waals surface area contributed by atoms with E-state index in [1.807, 2.05) is 25.1 Å². The lowest BCUT2D eigenvalue weighted by Crippen LogP contribution is -2.50. The topological polar surface area (TPSA) is 119 Å². The number of nitrogens with zero attached hydrogens (tertiary/aromatic N) is 2. The Hall–Kier alpha value is -2.80. The second-order valence-electron chi connectivity index (χ2n) is 10.1. The number of hydrogen-bond donors (Lipinski definition) is 3. The maximum absolute atomic E-state index is 13.1. The number of amides is 1. The van der Waals surface area contributed by atoms with Crippen LogP contribution in [-0.2, 0) is 33.8 Å². The molecule has 2 aliphatic rings. The number of alkyl halides is 3. The summed E-state index contributed by atoms with van der Waals surface area (Å²) in [7, 11) is -3.60. The van der Waals surface area contributed by atoms with E-state index < -0.39 is 33.4 Å². The lowest BCUT2D eigenvalue weighted by atomic mass is 9.89. The van der Waals surface area contributed by atoms with Gasteiger partial charge in [-0.2, -0.15) is 13.2 Å². The molecule has 4 rings (SSSR count). The van der Waals surface area contributed by atoms with Gasteiger partial charge in [0.2, 0.25) is 10.0 Å². The van der Waals surface area contributed by atoms with E-state index in [0.29, 0.717) is 24.8 Å². The molecular weight excluding hydrogens is 535 g/mol. The van der Waals surface area contributed by atoms with Crippen molar-refractivity contribution in [2.75, 3.05) is 25.4 Å². The summed E-state index contributed by atoms with van der Waals surface area (Å²) in [5.41, 5.74) is 1.27. The van der Waals surface area contributed by atoms with E-state index in [-0.39, 0.29) is 50.0 Å². The van der Waals surface area contributed by atoms with Crippen molar-refractivity contribution in [3.8, 4) is 0 Å². The third-order valence-corrected chi connectivity index (χ3v) is 9.29. The predicted molar refractivity (Wildman–Crippen MR) is 140 cm³/mol.